The molecule has 15 nitrogen and oxygen atoms in total. The van der Waals surface area contributed by atoms with E-state index in [-0.39, 0.29) is 18.1 Å². The summed E-state index contributed by atoms with van der Waals surface area (Å²) < 4.78 is 6.75. The van der Waals surface area contributed by atoms with E-state index in [2.05, 4.69) is 75.2 Å². The first-order chi connectivity index (χ1) is 32.6. The van der Waals surface area contributed by atoms with E-state index in [0.29, 0.717) is 17.8 Å². The third-order valence-electron chi connectivity index (χ3n) is 10.8. The number of halogens is 1. The number of aryl methyl sites for hydroxylation is 1. The van der Waals surface area contributed by atoms with E-state index in [1.54, 1.807) is 43.0 Å². The van der Waals surface area contributed by atoms with Crippen LogP contribution >= 0.6 is 23.4 Å². The van der Waals surface area contributed by atoms with Crippen molar-refractivity contribution in [3.05, 3.63) is 156 Å². The number of imidazole rings is 1. The summed E-state index contributed by atoms with van der Waals surface area (Å²) in [7, 11) is 5.86. The highest BCUT2D eigenvalue weighted by Crippen LogP contribution is 2.48. The molecule has 0 saturated carbocycles. The number of nitrogens with zero attached hydrogens (tertiary/aromatic N) is 5. The van der Waals surface area contributed by atoms with Crippen molar-refractivity contribution in [1.29, 1.82) is 0 Å². The zero-order chi connectivity index (χ0) is 48.9. The van der Waals surface area contributed by atoms with E-state index < -0.39 is 24.0 Å². The van der Waals surface area contributed by atoms with E-state index in [9.17, 15) is 14.7 Å². The van der Waals surface area contributed by atoms with Gasteiger partial charge in [0, 0.05) is 56.6 Å². The molecule has 5 aromatic carbocycles. The Morgan fingerprint density at radius 3 is 2.21 bits per heavy atom. The lowest BCUT2D eigenvalue weighted by molar-refractivity contribution is -0.139. The van der Waals surface area contributed by atoms with E-state index in [4.69, 9.17) is 43.1 Å². The van der Waals surface area contributed by atoms with E-state index in [0.717, 1.165) is 63.6 Å². The summed E-state index contributed by atoms with van der Waals surface area (Å²) in [5.41, 5.74) is 19.0. The smallest absolute Gasteiger partial charge is 0.320 e. The van der Waals surface area contributed by atoms with Crippen molar-refractivity contribution in [2.24, 2.45) is 11.5 Å². The molecule has 0 fully saturated rings. The number of aromatic hydroxyl groups is 2. The summed E-state index contributed by atoms with van der Waals surface area (Å²) in [6, 6.07) is 34.7. The molecule has 354 valence electrons. The second kappa shape index (κ2) is 23.6. The zero-order valence-electron chi connectivity index (χ0n) is 38.1. The standard InChI is InChI=1S/C17H19ClN2S.C14H13N3O2.C11H12N2O2.C9H11NO3/c1-19(2)10-5-11-20-14-6-3-4-7-16(14)21-17-9-8-13(18)12-15(17)20;1-9-14(18)17-8-12(15-7-13(17)16-9)10-3-5-11(19-2)6-4-10;12-9(11(14)15)5-7-6-13-10-4-2-1-3-8(7)10;10-8(9(12)13)5-6-1-3-7(11)4-2-6/h3-4,6-9,12H,5,10-11H2,1-2H3;3-8,18H,1-2H3;1-4,6,9,13H,5,12H2,(H,14,15);1-4,8,11H,5,10H2,(H,12,13). The number of nitrogens with two attached hydrogens (primary N) is 2. The van der Waals surface area contributed by atoms with Crippen molar-refractivity contribution in [2.75, 3.05) is 39.2 Å². The molecule has 17 heteroatoms. The van der Waals surface area contributed by atoms with Gasteiger partial charge in [0.15, 0.2) is 5.65 Å². The summed E-state index contributed by atoms with van der Waals surface area (Å²) in [5, 5.41) is 37.9. The van der Waals surface area contributed by atoms with Gasteiger partial charge in [-0.2, -0.15) is 0 Å². The number of nitrogens with one attached hydrogen (secondary N) is 1. The predicted molar refractivity (Wildman–Crippen MR) is 269 cm³/mol. The maximum Gasteiger partial charge on any atom is 0.320 e. The maximum atomic E-state index is 10.6. The Labute approximate surface area is 403 Å². The Hall–Kier alpha value is -7.08. The number of fused-ring (bicyclic) bond motifs is 4. The SMILES string of the molecule is CN(C)CCCN1c2ccccc2Sc2ccc(Cl)cc21.COc1ccc(-c2cn3c(O)c(C)nc3cn2)cc1.NC(Cc1c[nH]c2ccccc12)C(=O)O.NC(Cc1ccc(O)cc1)C(=O)O. The number of phenols is 1. The van der Waals surface area contributed by atoms with E-state index >= 15 is 0 Å². The minimum atomic E-state index is -1.02. The quantitative estimate of drug-likeness (QED) is 0.0607. The number of carbonyl (C=O) groups is 2. The molecule has 8 aromatic rings. The van der Waals surface area contributed by atoms with Crippen molar-refractivity contribution in [3.63, 3.8) is 0 Å². The van der Waals surface area contributed by atoms with Gasteiger partial charge in [-0.05, 0) is 124 Å². The van der Waals surface area contributed by atoms with Gasteiger partial charge in [-0.1, -0.05) is 65.8 Å². The Bertz CT molecular complexity index is 2940. The van der Waals surface area contributed by atoms with Crippen LogP contribution in [-0.2, 0) is 22.4 Å². The van der Waals surface area contributed by atoms with E-state index in [1.165, 1.54) is 33.3 Å². The highest BCUT2D eigenvalue weighted by atomic mass is 35.5. The van der Waals surface area contributed by atoms with E-state index in [1.807, 2.05) is 72.6 Å². The molecule has 0 aliphatic carbocycles. The van der Waals surface area contributed by atoms with Gasteiger partial charge in [-0.3, -0.25) is 19.0 Å². The summed E-state index contributed by atoms with van der Waals surface area (Å²) in [5.74, 6) is -0.890. The maximum absolute atomic E-state index is 10.6. The third kappa shape index (κ3) is 13.3. The third-order valence-corrected chi connectivity index (χ3v) is 12.1. The van der Waals surface area contributed by atoms with Crippen LogP contribution in [-0.4, -0.2) is 103 Å². The molecule has 1 aliphatic rings. The topological polar surface area (TPSA) is 229 Å². The van der Waals surface area contributed by atoms with Gasteiger partial charge in [0.05, 0.1) is 30.4 Å². The van der Waals surface area contributed by atoms with Gasteiger partial charge in [-0.25, -0.2) is 4.98 Å². The minimum absolute atomic E-state index is 0.146. The molecular weight excluding hydrogens is 904 g/mol. The van der Waals surface area contributed by atoms with Crippen LogP contribution in [0, 0.1) is 6.92 Å². The molecule has 68 heavy (non-hydrogen) atoms. The van der Waals surface area contributed by atoms with Crippen LogP contribution in [0.4, 0.5) is 11.4 Å². The molecule has 0 radical (unpaired) electrons. The molecule has 0 amide bonds. The summed E-state index contributed by atoms with van der Waals surface area (Å²) >= 11 is 8.03. The fourth-order valence-corrected chi connectivity index (χ4v) is 8.40. The molecule has 9 N–H and O–H groups in total. The van der Waals surface area contributed by atoms with Crippen LogP contribution in [0.3, 0.4) is 0 Å². The molecule has 2 unspecified atom stereocenters. The summed E-state index contributed by atoms with van der Waals surface area (Å²) in [4.78, 5) is 39.9. The minimum Gasteiger partial charge on any atom is -0.508 e. The molecule has 0 bridgehead atoms. The Morgan fingerprint density at radius 1 is 0.853 bits per heavy atom. The van der Waals surface area contributed by atoms with Gasteiger partial charge < -0.3 is 51.4 Å². The number of anilines is 2. The fraction of sp³-hybridized carbons (Fsp3) is 0.216. The fourth-order valence-electron chi connectivity index (χ4n) is 7.16. The number of para-hydroxylation sites is 2. The van der Waals surface area contributed by atoms with Gasteiger partial charge in [0.1, 0.15) is 29.3 Å². The lowest BCUT2D eigenvalue weighted by Crippen LogP contribution is -2.32. The lowest BCUT2D eigenvalue weighted by Gasteiger charge is -2.33. The first kappa shape index (κ1) is 50.3. The number of hydrogen-bond acceptors (Lipinski definition) is 12. The molecule has 2 atom stereocenters. The number of carboxylic acid groups (broad SMARTS) is 2. The van der Waals surface area contributed by atoms with Crippen molar-refractivity contribution in [2.45, 2.75) is 48.1 Å². The average molecular weight is 960 g/mol. The van der Waals surface area contributed by atoms with Crippen LogP contribution in [0.2, 0.25) is 5.02 Å². The number of phenolic OH excluding ortho intramolecular Hbond substituents is 1. The number of methoxy groups -OCH3 is 1. The van der Waals surface area contributed by atoms with Crippen molar-refractivity contribution < 1.29 is 34.8 Å². The average Bonchev–Trinajstić information content (AvgIpc) is 3.87. The second-order valence-corrected chi connectivity index (χ2v) is 17.6. The lowest BCUT2D eigenvalue weighted by atomic mass is 10.1. The number of benzene rings is 5. The molecule has 9 rings (SSSR count). The highest BCUT2D eigenvalue weighted by molar-refractivity contribution is 7.99. The van der Waals surface area contributed by atoms with Crippen LogP contribution in [0.1, 0.15) is 23.2 Å². The van der Waals surface area contributed by atoms with Gasteiger partial charge in [0.2, 0.25) is 5.88 Å². The Balaban J connectivity index is 0.000000152. The second-order valence-electron chi connectivity index (χ2n) is 16.1. The summed E-state index contributed by atoms with van der Waals surface area (Å²) in [6.07, 6.45) is 6.97. The molecular formula is C51H55ClN8O7S. The normalized spacial score (nSPS) is 12.3. The van der Waals surface area contributed by atoms with Gasteiger partial charge in [-0.15, -0.1) is 0 Å². The Morgan fingerprint density at radius 2 is 1.51 bits per heavy atom. The monoisotopic (exact) mass is 958 g/mol. The van der Waals surface area contributed by atoms with Gasteiger partial charge in [0.25, 0.3) is 0 Å². The number of carboxylic acids is 2. The van der Waals surface area contributed by atoms with Crippen molar-refractivity contribution >= 4 is 63.2 Å². The summed E-state index contributed by atoms with van der Waals surface area (Å²) in [6.45, 7) is 3.85. The number of rotatable bonds is 12. The van der Waals surface area contributed by atoms with Crippen LogP contribution in [0.5, 0.6) is 17.4 Å². The zero-order valence-corrected chi connectivity index (χ0v) is 39.7. The van der Waals surface area contributed by atoms with Crippen LogP contribution < -0.4 is 21.1 Å². The number of H-pyrrole nitrogens is 1. The molecule has 4 heterocycles. The number of hydrogen-bond donors (Lipinski definition) is 7. The number of aromatic nitrogens is 4. The Kier molecular flexibility index (Phi) is 17.5. The number of aromatic amines is 1. The van der Waals surface area contributed by atoms with Crippen molar-refractivity contribution in [3.8, 4) is 28.6 Å². The first-order valence-corrected chi connectivity index (χ1v) is 22.8. The largest absolute Gasteiger partial charge is 0.508 e. The first-order valence-electron chi connectivity index (χ1n) is 21.6. The van der Waals surface area contributed by atoms with Crippen molar-refractivity contribution in [1.82, 2.24) is 24.3 Å². The molecule has 0 saturated heterocycles. The molecule has 1 aliphatic heterocycles. The molecule has 3 aromatic heterocycles. The highest BCUT2D eigenvalue weighted by Gasteiger charge is 2.23. The van der Waals surface area contributed by atoms with Gasteiger partial charge >= 0.3 is 11.9 Å². The molecule has 0 spiro atoms. The number of ether oxygens (including phenoxy) is 1. The van der Waals surface area contributed by atoms with Crippen LogP contribution in [0.25, 0.3) is 27.8 Å². The van der Waals surface area contributed by atoms with Crippen LogP contribution in [0.15, 0.2) is 144 Å². The predicted octanol–water partition coefficient (Wildman–Crippen LogP) is 8.78. The number of aliphatic carboxylic acids is 2.